The lowest BCUT2D eigenvalue weighted by Crippen LogP contribution is -2.44. The number of rotatable bonds is 2. The summed E-state index contributed by atoms with van der Waals surface area (Å²) in [5, 5.41) is 2.66. The highest BCUT2D eigenvalue weighted by atomic mass is 19.1. The van der Waals surface area contributed by atoms with Crippen LogP contribution in [0.4, 0.5) is 10.1 Å². The van der Waals surface area contributed by atoms with Gasteiger partial charge in [-0.1, -0.05) is 19.1 Å². The van der Waals surface area contributed by atoms with Crippen LogP contribution in [0.3, 0.4) is 0 Å². The van der Waals surface area contributed by atoms with E-state index in [4.69, 9.17) is 0 Å². The van der Waals surface area contributed by atoms with Gasteiger partial charge in [-0.2, -0.15) is 0 Å². The molecule has 0 aromatic heterocycles. The zero-order chi connectivity index (χ0) is 14.0. The van der Waals surface area contributed by atoms with Crippen LogP contribution in [-0.4, -0.2) is 24.4 Å². The van der Waals surface area contributed by atoms with Crippen LogP contribution in [0.1, 0.15) is 25.3 Å². The van der Waals surface area contributed by atoms with Gasteiger partial charge in [-0.25, -0.2) is 4.39 Å². The molecule has 1 aliphatic rings. The van der Waals surface area contributed by atoms with Crippen molar-refractivity contribution >= 4 is 17.5 Å². The van der Waals surface area contributed by atoms with Crippen molar-refractivity contribution in [1.82, 2.24) is 5.32 Å². The number of amides is 2. The van der Waals surface area contributed by atoms with E-state index in [0.29, 0.717) is 12.0 Å². The third-order valence-corrected chi connectivity index (χ3v) is 3.33. The van der Waals surface area contributed by atoms with E-state index in [1.165, 1.54) is 11.0 Å². The number of carbonyl (C=O) groups is 2. The summed E-state index contributed by atoms with van der Waals surface area (Å²) in [5.41, 5.74) is 0.972. The zero-order valence-electron chi connectivity index (χ0n) is 11.1. The van der Waals surface area contributed by atoms with Crippen LogP contribution in [0.5, 0.6) is 0 Å². The molecule has 1 aromatic carbocycles. The minimum Gasteiger partial charge on any atom is -0.344 e. The molecule has 4 nitrogen and oxygen atoms in total. The molecule has 2 rings (SSSR count). The molecular formula is C14H17FN2O2. The van der Waals surface area contributed by atoms with E-state index in [9.17, 15) is 14.0 Å². The first-order chi connectivity index (χ1) is 9.04. The van der Waals surface area contributed by atoms with Crippen molar-refractivity contribution in [3.8, 4) is 0 Å². The van der Waals surface area contributed by atoms with Crippen molar-refractivity contribution in [2.45, 2.75) is 32.7 Å². The van der Waals surface area contributed by atoms with Crippen LogP contribution in [0.2, 0.25) is 0 Å². The monoisotopic (exact) mass is 264 g/mol. The van der Waals surface area contributed by atoms with Crippen LogP contribution >= 0.6 is 0 Å². The number of benzene rings is 1. The Hall–Kier alpha value is -1.91. The molecule has 5 heteroatoms. The van der Waals surface area contributed by atoms with E-state index in [0.717, 1.165) is 0 Å². The summed E-state index contributed by atoms with van der Waals surface area (Å²) in [6, 6.07) is 4.12. The molecule has 0 saturated carbocycles. The zero-order valence-corrected chi connectivity index (χ0v) is 11.1. The molecule has 19 heavy (non-hydrogen) atoms. The average molecular weight is 264 g/mol. The number of nitrogens with one attached hydrogen (secondary N) is 1. The van der Waals surface area contributed by atoms with Crippen molar-refractivity contribution < 1.29 is 14.0 Å². The number of anilines is 1. The minimum atomic E-state index is -0.575. The standard InChI is InChI=1S/C14H17FN2O2/c1-3-11-14(19)17(8-7-12(18)16-11)13-9(2)5-4-6-10(13)15/h4-6,11H,3,7-8H2,1-2H3,(H,16,18). The molecule has 102 valence electrons. The van der Waals surface area contributed by atoms with Crippen LogP contribution in [0.25, 0.3) is 0 Å². The van der Waals surface area contributed by atoms with Crippen LogP contribution in [0, 0.1) is 12.7 Å². The molecule has 1 heterocycles. The van der Waals surface area contributed by atoms with Gasteiger partial charge >= 0.3 is 0 Å². The molecule has 2 amide bonds. The van der Waals surface area contributed by atoms with Gasteiger partial charge in [0.05, 0.1) is 5.69 Å². The second kappa shape index (κ2) is 5.38. The summed E-state index contributed by atoms with van der Waals surface area (Å²) in [6.45, 7) is 3.79. The van der Waals surface area contributed by atoms with Crippen LogP contribution in [-0.2, 0) is 9.59 Å². The Kier molecular flexibility index (Phi) is 3.83. The normalized spacial score (nSPS) is 20.2. The lowest BCUT2D eigenvalue weighted by atomic mass is 10.1. The highest BCUT2D eigenvalue weighted by Crippen LogP contribution is 2.26. The molecule has 1 aromatic rings. The molecule has 1 N–H and O–H groups in total. The van der Waals surface area contributed by atoms with E-state index >= 15 is 0 Å². The largest absolute Gasteiger partial charge is 0.344 e. The van der Waals surface area contributed by atoms with Gasteiger partial charge in [0.1, 0.15) is 11.9 Å². The fourth-order valence-electron chi connectivity index (χ4n) is 2.30. The first kappa shape index (κ1) is 13.5. The maximum Gasteiger partial charge on any atom is 0.249 e. The maximum absolute atomic E-state index is 14.0. The number of aryl methyl sites for hydroxylation is 1. The molecule has 1 fully saturated rings. The number of nitrogens with zero attached hydrogens (tertiary/aromatic N) is 1. The molecule has 1 atom stereocenters. The van der Waals surface area contributed by atoms with Crippen molar-refractivity contribution in [3.63, 3.8) is 0 Å². The molecule has 0 bridgehead atoms. The predicted octanol–water partition coefficient (Wildman–Crippen LogP) is 1.77. The van der Waals surface area contributed by atoms with E-state index in [1.54, 1.807) is 19.1 Å². The summed E-state index contributed by atoms with van der Waals surface area (Å²) < 4.78 is 14.0. The highest BCUT2D eigenvalue weighted by Gasteiger charge is 2.31. The highest BCUT2D eigenvalue weighted by molar-refractivity contribution is 6.01. The van der Waals surface area contributed by atoms with Crippen LogP contribution in [0.15, 0.2) is 18.2 Å². The topological polar surface area (TPSA) is 49.4 Å². The Morgan fingerprint density at radius 3 is 2.79 bits per heavy atom. The van der Waals surface area contributed by atoms with Crippen molar-refractivity contribution in [1.29, 1.82) is 0 Å². The van der Waals surface area contributed by atoms with E-state index in [-0.39, 0.29) is 30.5 Å². The third kappa shape index (κ3) is 2.59. The molecule has 0 aliphatic carbocycles. The number of halogens is 1. The maximum atomic E-state index is 14.0. The summed E-state index contributed by atoms with van der Waals surface area (Å²) in [7, 11) is 0. The van der Waals surface area contributed by atoms with Gasteiger partial charge in [-0.3, -0.25) is 9.59 Å². The summed E-state index contributed by atoms with van der Waals surface area (Å²) in [5.74, 6) is -0.851. The Morgan fingerprint density at radius 2 is 2.16 bits per heavy atom. The number of hydrogen-bond acceptors (Lipinski definition) is 2. The van der Waals surface area contributed by atoms with Crippen molar-refractivity contribution in [2.75, 3.05) is 11.4 Å². The Balaban J connectivity index is 2.42. The SMILES string of the molecule is CCC1NC(=O)CCN(c2c(C)cccc2F)C1=O. The smallest absolute Gasteiger partial charge is 0.249 e. The van der Waals surface area contributed by atoms with Gasteiger partial charge in [0.25, 0.3) is 0 Å². The first-order valence-electron chi connectivity index (χ1n) is 6.40. The molecule has 0 spiro atoms. The number of para-hydroxylation sites is 1. The van der Waals surface area contributed by atoms with Gasteiger partial charge in [-0.05, 0) is 25.0 Å². The quantitative estimate of drug-likeness (QED) is 0.885. The van der Waals surface area contributed by atoms with Gasteiger partial charge < -0.3 is 10.2 Å². The van der Waals surface area contributed by atoms with Gasteiger partial charge in [0.15, 0.2) is 0 Å². The minimum absolute atomic E-state index is 0.170. The second-order valence-electron chi connectivity index (χ2n) is 4.67. The van der Waals surface area contributed by atoms with Crippen molar-refractivity contribution in [2.24, 2.45) is 0 Å². The fourth-order valence-corrected chi connectivity index (χ4v) is 2.30. The Morgan fingerprint density at radius 1 is 1.42 bits per heavy atom. The van der Waals surface area contributed by atoms with Gasteiger partial charge in [-0.15, -0.1) is 0 Å². The number of carbonyl (C=O) groups excluding carboxylic acids is 2. The summed E-state index contributed by atoms with van der Waals surface area (Å²) >= 11 is 0. The van der Waals surface area contributed by atoms with Crippen LogP contribution < -0.4 is 10.2 Å². The lowest BCUT2D eigenvalue weighted by molar-refractivity contribution is -0.125. The lowest BCUT2D eigenvalue weighted by Gasteiger charge is -2.25. The van der Waals surface area contributed by atoms with E-state index < -0.39 is 11.9 Å². The molecule has 1 aliphatic heterocycles. The first-order valence-corrected chi connectivity index (χ1v) is 6.40. The fraction of sp³-hybridized carbons (Fsp3) is 0.429. The molecule has 1 unspecified atom stereocenters. The molecule has 1 saturated heterocycles. The number of hydrogen-bond donors (Lipinski definition) is 1. The van der Waals surface area contributed by atoms with E-state index in [1.807, 2.05) is 6.92 Å². The molecule has 0 radical (unpaired) electrons. The van der Waals surface area contributed by atoms with Crippen molar-refractivity contribution in [3.05, 3.63) is 29.6 Å². The average Bonchev–Trinajstić information content (AvgIpc) is 2.51. The Bertz CT molecular complexity index is 496. The summed E-state index contributed by atoms with van der Waals surface area (Å²) in [6.07, 6.45) is 0.685. The van der Waals surface area contributed by atoms with Gasteiger partial charge in [0.2, 0.25) is 11.8 Å². The predicted molar refractivity (Wildman–Crippen MR) is 70.3 cm³/mol. The molecular weight excluding hydrogens is 247 g/mol. The second-order valence-corrected chi connectivity index (χ2v) is 4.67. The third-order valence-electron chi connectivity index (χ3n) is 3.33. The summed E-state index contributed by atoms with van der Waals surface area (Å²) in [4.78, 5) is 25.3. The van der Waals surface area contributed by atoms with Gasteiger partial charge in [0, 0.05) is 13.0 Å². The Labute approximate surface area is 111 Å². The van der Waals surface area contributed by atoms with E-state index in [2.05, 4.69) is 5.32 Å².